The minimum Gasteiger partial charge on any atom is -0.491 e. The second-order valence-corrected chi connectivity index (χ2v) is 7.37. The number of carbonyl (C=O) groups is 2. The number of halogens is 1. The number of hydrogen-bond acceptors (Lipinski definition) is 7. The van der Waals surface area contributed by atoms with Crippen LogP contribution in [0.25, 0.3) is 10.6 Å². The molecular weight excluding hydrogens is 391 g/mol. The summed E-state index contributed by atoms with van der Waals surface area (Å²) >= 11 is 1.29. The standard InChI is InChI=1S/C18H19FN2O6S/c1-10-7-20-16(28-10)13-5-11(6-14(15(13)19)17(22)25-2)27-9-12-8-21(18(23)24)3-4-26-12/h5-7,12H,3-4,8-9H2,1-2H3,(H,23,24). The number of nitrogens with zero attached hydrogens (tertiary/aromatic N) is 2. The van der Waals surface area contributed by atoms with Crippen molar-refractivity contribution in [1.29, 1.82) is 0 Å². The fourth-order valence-electron chi connectivity index (χ4n) is 2.76. The van der Waals surface area contributed by atoms with E-state index in [0.29, 0.717) is 11.6 Å². The third-order valence-electron chi connectivity index (χ3n) is 4.15. The van der Waals surface area contributed by atoms with Crippen LogP contribution in [0.4, 0.5) is 9.18 Å². The van der Waals surface area contributed by atoms with Gasteiger partial charge >= 0.3 is 12.1 Å². The van der Waals surface area contributed by atoms with Crippen molar-refractivity contribution in [2.24, 2.45) is 0 Å². The molecule has 2 heterocycles. The van der Waals surface area contributed by atoms with Crippen LogP contribution in [-0.2, 0) is 9.47 Å². The highest BCUT2D eigenvalue weighted by Gasteiger charge is 2.25. The van der Waals surface area contributed by atoms with E-state index in [1.807, 2.05) is 6.92 Å². The first-order valence-corrected chi connectivity index (χ1v) is 9.27. The molecule has 3 rings (SSSR count). The van der Waals surface area contributed by atoms with Crippen LogP contribution in [0.2, 0.25) is 0 Å². The third-order valence-corrected chi connectivity index (χ3v) is 5.09. The van der Waals surface area contributed by atoms with Crippen LogP contribution >= 0.6 is 11.3 Å². The highest BCUT2D eigenvalue weighted by atomic mass is 32.1. The molecule has 1 amide bonds. The van der Waals surface area contributed by atoms with Gasteiger partial charge in [0.15, 0.2) is 0 Å². The lowest BCUT2D eigenvalue weighted by Crippen LogP contribution is -2.47. The molecule has 1 saturated heterocycles. The number of hydrogen-bond donors (Lipinski definition) is 1. The summed E-state index contributed by atoms with van der Waals surface area (Å²) in [5.74, 6) is -1.33. The number of aryl methyl sites for hydroxylation is 1. The first-order chi connectivity index (χ1) is 13.4. The Balaban J connectivity index is 1.84. The molecule has 1 N–H and O–H groups in total. The summed E-state index contributed by atoms with van der Waals surface area (Å²) in [7, 11) is 1.17. The molecule has 1 fully saturated rings. The molecule has 1 aromatic heterocycles. The lowest BCUT2D eigenvalue weighted by atomic mass is 10.1. The maximum absolute atomic E-state index is 14.8. The fourth-order valence-corrected chi connectivity index (χ4v) is 3.53. The predicted molar refractivity (Wildman–Crippen MR) is 98.4 cm³/mol. The van der Waals surface area contributed by atoms with Crippen LogP contribution in [0, 0.1) is 12.7 Å². The van der Waals surface area contributed by atoms with Crippen molar-refractivity contribution in [2.75, 3.05) is 33.4 Å². The van der Waals surface area contributed by atoms with Crippen molar-refractivity contribution in [3.8, 4) is 16.3 Å². The molecule has 1 aliphatic rings. The average Bonchev–Trinajstić information content (AvgIpc) is 3.12. The van der Waals surface area contributed by atoms with Gasteiger partial charge in [-0.15, -0.1) is 11.3 Å². The van der Waals surface area contributed by atoms with Gasteiger partial charge in [-0.05, 0) is 19.1 Å². The van der Waals surface area contributed by atoms with Gasteiger partial charge in [0.25, 0.3) is 0 Å². The largest absolute Gasteiger partial charge is 0.491 e. The van der Waals surface area contributed by atoms with Gasteiger partial charge in [0, 0.05) is 17.6 Å². The summed E-state index contributed by atoms with van der Waals surface area (Å²) in [6, 6.07) is 2.71. The van der Waals surface area contributed by atoms with Gasteiger partial charge in [0.1, 0.15) is 29.3 Å². The zero-order valence-electron chi connectivity index (χ0n) is 15.3. The van der Waals surface area contributed by atoms with Crippen molar-refractivity contribution in [3.63, 3.8) is 0 Å². The number of carboxylic acid groups (broad SMARTS) is 1. The Morgan fingerprint density at radius 1 is 1.46 bits per heavy atom. The summed E-state index contributed by atoms with van der Waals surface area (Å²) in [6.45, 7) is 2.61. The lowest BCUT2D eigenvalue weighted by Gasteiger charge is -2.30. The van der Waals surface area contributed by atoms with Crippen LogP contribution in [0.1, 0.15) is 15.2 Å². The number of morpholine rings is 1. The normalized spacial score (nSPS) is 16.7. The van der Waals surface area contributed by atoms with E-state index in [1.54, 1.807) is 6.20 Å². The number of esters is 1. The van der Waals surface area contributed by atoms with E-state index in [2.05, 4.69) is 9.72 Å². The van der Waals surface area contributed by atoms with E-state index < -0.39 is 24.0 Å². The van der Waals surface area contributed by atoms with Gasteiger partial charge < -0.3 is 24.2 Å². The monoisotopic (exact) mass is 410 g/mol. The number of ether oxygens (including phenoxy) is 3. The van der Waals surface area contributed by atoms with Gasteiger partial charge in [-0.3, -0.25) is 0 Å². The highest BCUT2D eigenvalue weighted by Crippen LogP contribution is 2.33. The lowest BCUT2D eigenvalue weighted by molar-refractivity contribution is -0.0412. The summed E-state index contributed by atoms with van der Waals surface area (Å²) in [5, 5.41) is 9.51. The molecule has 0 spiro atoms. The van der Waals surface area contributed by atoms with E-state index in [9.17, 15) is 14.0 Å². The molecule has 1 aromatic carbocycles. The fraction of sp³-hybridized carbons (Fsp3) is 0.389. The maximum atomic E-state index is 14.8. The summed E-state index contributed by atoms with van der Waals surface area (Å²) in [5.41, 5.74) is -0.132. The van der Waals surface area contributed by atoms with Gasteiger partial charge in [-0.1, -0.05) is 0 Å². The van der Waals surface area contributed by atoms with Crippen molar-refractivity contribution in [2.45, 2.75) is 13.0 Å². The number of aromatic nitrogens is 1. The zero-order chi connectivity index (χ0) is 20.3. The van der Waals surface area contributed by atoms with Crippen LogP contribution in [0.15, 0.2) is 18.3 Å². The minimum absolute atomic E-state index is 0.0480. The SMILES string of the molecule is COC(=O)c1cc(OCC2CN(C(=O)O)CCO2)cc(-c2ncc(C)s2)c1F. The average molecular weight is 410 g/mol. The van der Waals surface area contributed by atoms with Crippen LogP contribution in [0.5, 0.6) is 5.75 Å². The number of thiazole rings is 1. The van der Waals surface area contributed by atoms with E-state index >= 15 is 0 Å². The number of methoxy groups -OCH3 is 1. The molecule has 0 bridgehead atoms. The molecular formula is C18H19FN2O6S. The minimum atomic E-state index is -1.02. The maximum Gasteiger partial charge on any atom is 0.407 e. The third kappa shape index (κ3) is 4.39. The molecule has 1 unspecified atom stereocenters. The Morgan fingerprint density at radius 2 is 2.25 bits per heavy atom. The topological polar surface area (TPSA) is 98.2 Å². The Labute approximate surface area is 164 Å². The van der Waals surface area contributed by atoms with Crippen molar-refractivity contribution >= 4 is 23.4 Å². The molecule has 0 aliphatic carbocycles. The summed E-state index contributed by atoms with van der Waals surface area (Å²) < 4.78 is 30.7. The molecule has 1 aliphatic heterocycles. The van der Waals surface area contributed by atoms with Crippen molar-refractivity contribution in [3.05, 3.63) is 34.6 Å². The number of rotatable bonds is 5. The van der Waals surface area contributed by atoms with Gasteiger partial charge in [0.2, 0.25) is 0 Å². The molecule has 0 saturated carbocycles. The number of amides is 1. The molecule has 8 nitrogen and oxygen atoms in total. The smallest absolute Gasteiger partial charge is 0.407 e. The van der Waals surface area contributed by atoms with E-state index in [4.69, 9.17) is 14.6 Å². The Kier molecular flexibility index (Phi) is 6.10. The number of benzene rings is 1. The Hall–Kier alpha value is -2.72. The number of carbonyl (C=O) groups excluding carboxylic acids is 1. The first kappa shape index (κ1) is 20.0. The molecule has 150 valence electrons. The highest BCUT2D eigenvalue weighted by molar-refractivity contribution is 7.14. The van der Waals surface area contributed by atoms with E-state index in [-0.39, 0.29) is 36.6 Å². The summed E-state index contributed by atoms with van der Waals surface area (Å²) in [4.78, 5) is 29.4. The van der Waals surface area contributed by atoms with Crippen LogP contribution in [-0.4, -0.2) is 66.6 Å². The quantitative estimate of drug-likeness (QED) is 0.757. The second-order valence-electron chi connectivity index (χ2n) is 6.13. The molecule has 28 heavy (non-hydrogen) atoms. The van der Waals surface area contributed by atoms with E-state index in [0.717, 1.165) is 4.88 Å². The van der Waals surface area contributed by atoms with Crippen molar-refractivity contribution in [1.82, 2.24) is 9.88 Å². The van der Waals surface area contributed by atoms with Crippen LogP contribution < -0.4 is 4.74 Å². The van der Waals surface area contributed by atoms with Gasteiger partial charge in [0.05, 0.1) is 31.4 Å². The molecule has 0 radical (unpaired) electrons. The zero-order valence-corrected chi connectivity index (χ0v) is 16.1. The van der Waals surface area contributed by atoms with E-state index in [1.165, 1.54) is 35.5 Å². The van der Waals surface area contributed by atoms with Crippen LogP contribution in [0.3, 0.4) is 0 Å². The Bertz CT molecular complexity index is 887. The van der Waals surface area contributed by atoms with Crippen molar-refractivity contribution < 1.29 is 33.3 Å². The predicted octanol–water partition coefficient (Wildman–Crippen LogP) is 2.80. The second kappa shape index (κ2) is 8.53. The van der Waals surface area contributed by atoms with Gasteiger partial charge in [-0.25, -0.2) is 19.0 Å². The molecule has 2 aromatic rings. The molecule has 1 atom stereocenters. The molecule has 10 heteroatoms. The Morgan fingerprint density at radius 3 is 2.89 bits per heavy atom. The van der Waals surface area contributed by atoms with Gasteiger partial charge in [-0.2, -0.15) is 0 Å². The summed E-state index contributed by atoms with van der Waals surface area (Å²) in [6.07, 6.45) is 0.118. The first-order valence-electron chi connectivity index (χ1n) is 8.46.